The van der Waals surface area contributed by atoms with Gasteiger partial charge in [0.25, 0.3) is 0 Å². The van der Waals surface area contributed by atoms with Gasteiger partial charge in [-0.25, -0.2) is 13.1 Å². The van der Waals surface area contributed by atoms with Crippen LogP contribution >= 0.6 is 23.6 Å². The Morgan fingerprint density at radius 1 is 1.47 bits per heavy atom. The number of ether oxygens (including phenoxy) is 1. The van der Waals surface area contributed by atoms with Crippen molar-refractivity contribution >= 4 is 38.6 Å². The second kappa shape index (κ2) is 7.91. The van der Waals surface area contributed by atoms with Crippen LogP contribution < -0.4 is 10.5 Å². The molecule has 0 radical (unpaired) electrons. The standard InChI is InChI=1S/C11H18N2O3S3/c1-2-3-7-16-8-6-13-19(14,15)10-5-4-9(18-10)11(12)17/h4-5,13H,2-3,6-8H2,1H3,(H2,12,17). The molecule has 0 atom stereocenters. The first-order valence-electron chi connectivity index (χ1n) is 5.94. The minimum absolute atomic E-state index is 0.203. The number of thiophene rings is 1. The van der Waals surface area contributed by atoms with Crippen molar-refractivity contribution in [2.24, 2.45) is 5.73 Å². The zero-order chi connectivity index (χ0) is 14.3. The lowest BCUT2D eigenvalue weighted by molar-refractivity contribution is 0.136. The van der Waals surface area contributed by atoms with Crippen molar-refractivity contribution in [1.82, 2.24) is 4.72 Å². The van der Waals surface area contributed by atoms with Crippen molar-refractivity contribution in [3.05, 3.63) is 17.0 Å². The van der Waals surface area contributed by atoms with E-state index in [0.29, 0.717) is 18.1 Å². The van der Waals surface area contributed by atoms with Gasteiger partial charge in [0, 0.05) is 13.2 Å². The Balaban J connectivity index is 2.44. The molecule has 0 aromatic carbocycles. The van der Waals surface area contributed by atoms with Gasteiger partial charge in [-0.3, -0.25) is 0 Å². The van der Waals surface area contributed by atoms with Gasteiger partial charge < -0.3 is 10.5 Å². The minimum atomic E-state index is -3.49. The van der Waals surface area contributed by atoms with Crippen LogP contribution in [0.25, 0.3) is 0 Å². The van der Waals surface area contributed by atoms with Crippen molar-refractivity contribution in [2.45, 2.75) is 24.0 Å². The molecule has 0 saturated heterocycles. The second-order valence-corrected chi connectivity index (χ2v) is 7.36. The molecule has 0 amide bonds. The molecule has 1 heterocycles. The molecule has 0 saturated carbocycles. The van der Waals surface area contributed by atoms with Gasteiger partial charge in [0.15, 0.2) is 0 Å². The summed E-state index contributed by atoms with van der Waals surface area (Å²) in [5.41, 5.74) is 5.45. The molecular weight excluding hydrogens is 304 g/mol. The molecule has 1 rings (SSSR count). The Kier molecular flexibility index (Phi) is 6.87. The Labute approximate surface area is 123 Å². The van der Waals surface area contributed by atoms with E-state index in [-0.39, 0.29) is 15.7 Å². The van der Waals surface area contributed by atoms with E-state index < -0.39 is 10.0 Å². The van der Waals surface area contributed by atoms with Gasteiger partial charge in [0.1, 0.15) is 9.20 Å². The third kappa shape index (κ3) is 5.53. The molecular formula is C11H18N2O3S3. The van der Waals surface area contributed by atoms with E-state index >= 15 is 0 Å². The van der Waals surface area contributed by atoms with Crippen LogP contribution in [0.5, 0.6) is 0 Å². The first-order chi connectivity index (χ1) is 8.97. The molecule has 0 bridgehead atoms. The van der Waals surface area contributed by atoms with Crippen LogP contribution in [0, 0.1) is 0 Å². The predicted molar refractivity (Wildman–Crippen MR) is 81.1 cm³/mol. The molecule has 1 aromatic heterocycles. The van der Waals surface area contributed by atoms with E-state index in [1.807, 2.05) is 0 Å². The van der Waals surface area contributed by atoms with E-state index in [4.69, 9.17) is 22.7 Å². The van der Waals surface area contributed by atoms with Gasteiger partial charge in [0.2, 0.25) is 10.0 Å². The minimum Gasteiger partial charge on any atom is -0.389 e. The Hall–Kier alpha value is -0.540. The van der Waals surface area contributed by atoms with Crippen molar-refractivity contribution in [2.75, 3.05) is 19.8 Å². The monoisotopic (exact) mass is 322 g/mol. The summed E-state index contributed by atoms with van der Waals surface area (Å²) in [6.07, 6.45) is 2.04. The SMILES string of the molecule is CCCCOCCNS(=O)(=O)c1ccc(C(N)=S)s1. The van der Waals surface area contributed by atoms with Gasteiger partial charge in [-0.2, -0.15) is 0 Å². The highest BCUT2D eigenvalue weighted by Crippen LogP contribution is 2.21. The highest BCUT2D eigenvalue weighted by molar-refractivity contribution is 7.91. The average molecular weight is 322 g/mol. The van der Waals surface area contributed by atoms with Gasteiger partial charge in [0.05, 0.1) is 11.5 Å². The van der Waals surface area contributed by atoms with Crippen molar-refractivity contribution in [3.63, 3.8) is 0 Å². The highest BCUT2D eigenvalue weighted by atomic mass is 32.2. The van der Waals surface area contributed by atoms with E-state index in [9.17, 15) is 8.42 Å². The van der Waals surface area contributed by atoms with Crippen LogP contribution in [-0.2, 0) is 14.8 Å². The maximum absolute atomic E-state index is 11.9. The summed E-state index contributed by atoms with van der Waals surface area (Å²) >= 11 is 5.86. The Bertz CT molecular complexity index is 511. The quantitative estimate of drug-likeness (QED) is 0.531. The lowest BCUT2D eigenvalue weighted by atomic mass is 10.4. The summed E-state index contributed by atoms with van der Waals surface area (Å²) in [5, 5.41) is 0. The van der Waals surface area contributed by atoms with E-state index in [1.165, 1.54) is 6.07 Å². The largest absolute Gasteiger partial charge is 0.389 e. The first-order valence-corrected chi connectivity index (χ1v) is 8.65. The summed E-state index contributed by atoms with van der Waals surface area (Å²) in [4.78, 5) is 0.795. The fourth-order valence-corrected chi connectivity index (χ4v) is 3.67. The zero-order valence-corrected chi connectivity index (χ0v) is 13.2. The number of thiocarbonyl (C=S) groups is 1. The molecule has 0 fully saturated rings. The fraction of sp³-hybridized carbons (Fsp3) is 0.545. The van der Waals surface area contributed by atoms with Gasteiger partial charge in [-0.05, 0) is 18.6 Å². The van der Waals surface area contributed by atoms with E-state index in [1.54, 1.807) is 6.07 Å². The molecule has 108 valence electrons. The molecule has 1 aromatic rings. The lowest BCUT2D eigenvalue weighted by Gasteiger charge is -2.05. The number of nitrogens with one attached hydrogen (secondary N) is 1. The summed E-state index contributed by atoms with van der Waals surface area (Å²) in [6, 6.07) is 3.11. The Morgan fingerprint density at radius 3 is 2.79 bits per heavy atom. The van der Waals surface area contributed by atoms with Crippen LogP contribution in [0.1, 0.15) is 24.6 Å². The number of hydrogen-bond donors (Lipinski definition) is 2. The maximum atomic E-state index is 11.9. The fourth-order valence-electron chi connectivity index (χ4n) is 1.26. The molecule has 0 spiro atoms. The average Bonchev–Trinajstić information content (AvgIpc) is 2.84. The number of nitrogens with two attached hydrogens (primary N) is 1. The highest BCUT2D eigenvalue weighted by Gasteiger charge is 2.16. The molecule has 0 aliphatic carbocycles. The third-order valence-electron chi connectivity index (χ3n) is 2.27. The van der Waals surface area contributed by atoms with Crippen LogP contribution in [-0.4, -0.2) is 33.2 Å². The van der Waals surface area contributed by atoms with Gasteiger partial charge in [-0.15, -0.1) is 11.3 Å². The van der Waals surface area contributed by atoms with Crippen molar-refractivity contribution < 1.29 is 13.2 Å². The molecule has 3 N–H and O–H groups in total. The summed E-state index contributed by atoms with van der Waals surface area (Å²) in [7, 11) is -3.49. The van der Waals surface area contributed by atoms with Gasteiger partial charge >= 0.3 is 0 Å². The first kappa shape index (κ1) is 16.5. The van der Waals surface area contributed by atoms with Crippen LogP contribution in [0.15, 0.2) is 16.3 Å². The molecule has 5 nitrogen and oxygen atoms in total. The topological polar surface area (TPSA) is 81.4 Å². The Morgan fingerprint density at radius 2 is 2.21 bits per heavy atom. The van der Waals surface area contributed by atoms with Crippen LogP contribution in [0.4, 0.5) is 0 Å². The molecule has 0 unspecified atom stereocenters. The summed E-state index contributed by atoms with van der Waals surface area (Å²) < 4.78 is 31.8. The van der Waals surface area contributed by atoms with Gasteiger partial charge in [-0.1, -0.05) is 25.6 Å². The second-order valence-electron chi connectivity index (χ2n) is 3.85. The van der Waals surface area contributed by atoms with Crippen LogP contribution in [0.2, 0.25) is 0 Å². The third-order valence-corrected chi connectivity index (χ3v) is 5.69. The zero-order valence-electron chi connectivity index (χ0n) is 10.7. The van der Waals surface area contributed by atoms with Crippen molar-refractivity contribution in [1.29, 1.82) is 0 Å². The number of rotatable bonds is 9. The maximum Gasteiger partial charge on any atom is 0.250 e. The number of sulfonamides is 1. The van der Waals surface area contributed by atoms with Crippen LogP contribution in [0.3, 0.4) is 0 Å². The molecule has 8 heteroatoms. The molecule has 0 aliphatic heterocycles. The molecule has 0 aliphatic rings. The van der Waals surface area contributed by atoms with Crippen molar-refractivity contribution in [3.8, 4) is 0 Å². The summed E-state index contributed by atoms with van der Waals surface area (Å²) in [6.45, 7) is 3.35. The molecule has 19 heavy (non-hydrogen) atoms. The van der Waals surface area contributed by atoms with E-state index in [0.717, 1.165) is 24.2 Å². The predicted octanol–water partition coefficient (Wildman–Crippen LogP) is 1.48. The van der Waals surface area contributed by atoms with E-state index in [2.05, 4.69) is 11.6 Å². The summed E-state index contributed by atoms with van der Waals surface area (Å²) in [5.74, 6) is 0. The number of hydrogen-bond acceptors (Lipinski definition) is 5. The number of unbranched alkanes of at least 4 members (excludes halogenated alkanes) is 1. The smallest absolute Gasteiger partial charge is 0.250 e. The normalized spacial score (nSPS) is 11.6. The lowest BCUT2D eigenvalue weighted by Crippen LogP contribution is -2.27.